The van der Waals surface area contributed by atoms with Gasteiger partial charge < -0.3 is 14.6 Å². The number of nitrogens with one attached hydrogen (secondary N) is 1. The van der Waals surface area contributed by atoms with E-state index in [0.717, 1.165) is 31.1 Å². The number of nitrogens with zero attached hydrogens (tertiary/aromatic N) is 1. The van der Waals surface area contributed by atoms with Crippen LogP contribution in [0.1, 0.15) is 18.1 Å². The minimum atomic E-state index is 0.169. The third-order valence-electron chi connectivity index (χ3n) is 3.51. The van der Waals surface area contributed by atoms with E-state index < -0.39 is 0 Å². The van der Waals surface area contributed by atoms with Gasteiger partial charge in [-0.2, -0.15) is 0 Å². The molecule has 1 aromatic heterocycles. The van der Waals surface area contributed by atoms with Crippen LogP contribution in [-0.4, -0.2) is 24.3 Å². The molecule has 1 fully saturated rings. The minimum Gasteiger partial charge on any atom is -0.372 e. The Bertz CT molecular complexity index is 556. The molecule has 0 saturated carbocycles. The van der Waals surface area contributed by atoms with Gasteiger partial charge in [0.2, 0.25) is 0 Å². The van der Waals surface area contributed by atoms with Crippen molar-refractivity contribution >= 4 is 22.5 Å². The van der Waals surface area contributed by atoms with E-state index in [1.807, 2.05) is 12.1 Å². The van der Waals surface area contributed by atoms with E-state index in [4.69, 9.17) is 16.3 Å². The number of rotatable bonds is 1. The Morgan fingerprint density at radius 3 is 3.17 bits per heavy atom. The van der Waals surface area contributed by atoms with Gasteiger partial charge >= 0.3 is 0 Å². The zero-order chi connectivity index (χ0) is 12.5. The van der Waals surface area contributed by atoms with Crippen molar-refractivity contribution in [3.05, 3.63) is 35.0 Å². The van der Waals surface area contributed by atoms with Crippen molar-refractivity contribution in [3.63, 3.8) is 0 Å². The summed E-state index contributed by atoms with van der Waals surface area (Å²) < 4.78 is 8.07. The molecule has 18 heavy (non-hydrogen) atoms. The van der Waals surface area contributed by atoms with Crippen molar-refractivity contribution in [3.8, 4) is 0 Å². The lowest BCUT2D eigenvalue weighted by molar-refractivity contribution is 0.0653. The summed E-state index contributed by atoms with van der Waals surface area (Å²) >= 11 is 6.11. The van der Waals surface area contributed by atoms with Crippen LogP contribution in [-0.2, 0) is 11.8 Å². The number of aryl methyl sites for hydroxylation is 1. The van der Waals surface area contributed by atoms with Crippen LogP contribution in [0.2, 0.25) is 5.02 Å². The van der Waals surface area contributed by atoms with Gasteiger partial charge in [0.15, 0.2) is 0 Å². The predicted octanol–water partition coefficient (Wildman–Crippen LogP) is 2.88. The Morgan fingerprint density at radius 1 is 1.39 bits per heavy atom. The molecule has 1 saturated heterocycles. The molecule has 3 rings (SSSR count). The molecule has 0 radical (unpaired) electrons. The molecule has 1 aliphatic heterocycles. The van der Waals surface area contributed by atoms with E-state index in [2.05, 4.69) is 29.2 Å². The molecule has 0 amide bonds. The number of aromatic nitrogens is 1. The van der Waals surface area contributed by atoms with Crippen molar-refractivity contribution in [2.24, 2.45) is 7.05 Å². The molecule has 4 heteroatoms. The monoisotopic (exact) mass is 264 g/mol. The number of hydrogen-bond acceptors (Lipinski definition) is 2. The summed E-state index contributed by atoms with van der Waals surface area (Å²) in [6.07, 6.45) is 3.34. The largest absolute Gasteiger partial charge is 0.372 e. The maximum Gasteiger partial charge on any atom is 0.0858 e. The highest BCUT2D eigenvalue weighted by atomic mass is 35.5. The van der Waals surface area contributed by atoms with Crippen molar-refractivity contribution in [1.29, 1.82) is 0 Å². The summed E-state index contributed by atoms with van der Waals surface area (Å²) in [7, 11) is 2.06. The van der Waals surface area contributed by atoms with E-state index in [1.165, 1.54) is 16.5 Å². The van der Waals surface area contributed by atoms with Gasteiger partial charge in [-0.1, -0.05) is 11.6 Å². The second-order valence-electron chi connectivity index (χ2n) is 4.75. The van der Waals surface area contributed by atoms with Crippen LogP contribution >= 0.6 is 11.6 Å². The fourth-order valence-electron chi connectivity index (χ4n) is 2.61. The molecule has 1 N–H and O–H groups in total. The molecule has 2 aromatic rings. The summed E-state index contributed by atoms with van der Waals surface area (Å²) in [4.78, 5) is 0. The van der Waals surface area contributed by atoms with Gasteiger partial charge in [0.25, 0.3) is 0 Å². The zero-order valence-corrected chi connectivity index (χ0v) is 11.2. The Balaban J connectivity index is 2.07. The van der Waals surface area contributed by atoms with Gasteiger partial charge in [-0.3, -0.25) is 0 Å². The number of ether oxygens (including phenoxy) is 1. The van der Waals surface area contributed by atoms with Crippen LogP contribution in [0.25, 0.3) is 10.9 Å². The second-order valence-corrected chi connectivity index (χ2v) is 5.19. The smallest absolute Gasteiger partial charge is 0.0858 e. The summed E-state index contributed by atoms with van der Waals surface area (Å²) in [6.45, 7) is 2.70. The molecule has 0 bridgehead atoms. The average Bonchev–Trinajstić information content (AvgIpc) is 2.58. The van der Waals surface area contributed by atoms with Crippen LogP contribution in [0.4, 0.5) is 0 Å². The molecular weight excluding hydrogens is 248 g/mol. The maximum atomic E-state index is 6.11. The first kappa shape index (κ1) is 12.0. The van der Waals surface area contributed by atoms with E-state index in [9.17, 15) is 0 Å². The number of halogens is 1. The zero-order valence-electron chi connectivity index (χ0n) is 10.4. The van der Waals surface area contributed by atoms with Gasteiger partial charge in [0, 0.05) is 41.3 Å². The summed E-state index contributed by atoms with van der Waals surface area (Å²) in [6, 6.07) is 6.03. The Morgan fingerprint density at radius 2 is 2.28 bits per heavy atom. The lowest BCUT2D eigenvalue weighted by Crippen LogP contribution is -2.16. The summed E-state index contributed by atoms with van der Waals surface area (Å²) in [5.74, 6) is 0. The van der Waals surface area contributed by atoms with Gasteiger partial charge in [0.1, 0.15) is 0 Å². The van der Waals surface area contributed by atoms with E-state index in [-0.39, 0.29) is 6.10 Å². The minimum absolute atomic E-state index is 0.169. The van der Waals surface area contributed by atoms with Crippen LogP contribution in [0.3, 0.4) is 0 Å². The van der Waals surface area contributed by atoms with Crippen molar-refractivity contribution < 1.29 is 4.74 Å². The topological polar surface area (TPSA) is 26.2 Å². The quantitative estimate of drug-likeness (QED) is 0.857. The molecule has 0 aliphatic carbocycles. The van der Waals surface area contributed by atoms with Crippen LogP contribution < -0.4 is 5.32 Å². The second kappa shape index (κ2) is 4.92. The number of hydrogen-bond donors (Lipinski definition) is 1. The highest BCUT2D eigenvalue weighted by Gasteiger charge is 2.19. The highest BCUT2D eigenvalue weighted by Crippen LogP contribution is 2.32. The fourth-order valence-corrected chi connectivity index (χ4v) is 2.78. The average molecular weight is 265 g/mol. The lowest BCUT2D eigenvalue weighted by Gasteiger charge is -2.13. The number of fused-ring (bicyclic) bond motifs is 1. The van der Waals surface area contributed by atoms with Crippen molar-refractivity contribution in [1.82, 2.24) is 9.88 Å². The van der Waals surface area contributed by atoms with Gasteiger partial charge in [-0.05, 0) is 31.2 Å². The molecule has 0 spiro atoms. The van der Waals surface area contributed by atoms with Crippen LogP contribution in [0, 0.1) is 0 Å². The fraction of sp³-hybridized carbons (Fsp3) is 0.429. The Hall–Kier alpha value is -1.03. The molecule has 2 heterocycles. The van der Waals surface area contributed by atoms with Crippen molar-refractivity contribution in [2.45, 2.75) is 12.5 Å². The molecule has 3 nitrogen and oxygen atoms in total. The van der Waals surface area contributed by atoms with Crippen molar-refractivity contribution in [2.75, 3.05) is 19.7 Å². The lowest BCUT2D eigenvalue weighted by atomic mass is 10.1. The van der Waals surface area contributed by atoms with Crippen LogP contribution in [0.5, 0.6) is 0 Å². The standard InChI is InChI=1S/C14H17ClN2O/c1-17-9-12(14-4-5-16-6-7-18-14)11-8-10(15)2-3-13(11)17/h2-3,8-9,14,16H,4-7H2,1H3. The maximum absolute atomic E-state index is 6.11. The van der Waals surface area contributed by atoms with E-state index in [0.29, 0.717) is 0 Å². The van der Waals surface area contributed by atoms with E-state index in [1.54, 1.807) is 0 Å². The first-order valence-electron chi connectivity index (χ1n) is 6.32. The van der Waals surface area contributed by atoms with Gasteiger partial charge in [-0.25, -0.2) is 0 Å². The highest BCUT2D eigenvalue weighted by molar-refractivity contribution is 6.31. The molecule has 96 valence electrons. The molecular formula is C14H17ClN2O. The summed E-state index contributed by atoms with van der Waals surface area (Å²) in [5.41, 5.74) is 2.45. The normalized spacial score (nSPS) is 21.1. The molecule has 1 atom stereocenters. The number of benzene rings is 1. The SMILES string of the molecule is Cn1cc(C2CCNCCO2)c2cc(Cl)ccc21. The van der Waals surface area contributed by atoms with Crippen LogP contribution in [0.15, 0.2) is 24.4 Å². The third-order valence-corrected chi connectivity index (χ3v) is 3.75. The first-order chi connectivity index (χ1) is 8.75. The Labute approximate surface area is 112 Å². The predicted molar refractivity (Wildman–Crippen MR) is 74.1 cm³/mol. The first-order valence-corrected chi connectivity index (χ1v) is 6.70. The van der Waals surface area contributed by atoms with E-state index >= 15 is 0 Å². The molecule has 1 aromatic carbocycles. The Kier molecular flexibility index (Phi) is 3.29. The third kappa shape index (κ3) is 2.14. The molecule has 1 aliphatic rings. The molecule has 1 unspecified atom stereocenters. The van der Waals surface area contributed by atoms with Gasteiger partial charge in [-0.15, -0.1) is 0 Å². The van der Waals surface area contributed by atoms with Gasteiger partial charge in [0.05, 0.1) is 12.7 Å². The summed E-state index contributed by atoms with van der Waals surface area (Å²) in [5, 5.41) is 5.34.